The Balaban J connectivity index is 1.26. The lowest BCUT2D eigenvalue weighted by Crippen LogP contribution is -2.41. The number of benzene rings is 2. The summed E-state index contributed by atoms with van der Waals surface area (Å²) in [6.07, 6.45) is 3.33. The molecule has 1 amide bonds. The maximum atomic E-state index is 13.5. The summed E-state index contributed by atoms with van der Waals surface area (Å²) in [5.41, 5.74) is 4.89. The smallest absolute Gasteiger partial charge is 0.256 e. The number of rotatable bonds is 3. The maximum absolute atomic E-state index is 13.5. The second-order valence-corrected chi connectivity index (χ2v) is 8.63. The van der Waals surface area contributed by atoms with Crippen molar-refractivity contribution in [1.29, 1.82) is 0 Å². The van der Waals surface area contributed by atoms with E-state index in [2.05, 4.69) is 45.0 Å². The second kappa shape index (κ2) is 8.78. The van der Waals surface area contributed by atoms with E-state index in [1.807, 2.05) is 18.2 Å². The molecular formula is C25H31N3O2. The molecular weight excluding hydrogens is 374 g/mol. The first-order valence-corrected chi connectivity index (χ1v) is 11.3. The lowest BCUT2D eigenvalue weighted by molar-refractivity contribution is 0.0757. The Labute approximate surface area is 179 Å². The summed E-state index contributed by atoms with van der Waals surface area (Å²) in [7, 11) is 0. The van der Waals surface area contributed by atoms with E-state index in [1.54, 1.807) is 0 Å². The second-order valence-electron chi connectivity index (χ2n) is 8.63. The molecule has 0 unspecified atom stereocenters. The number of fused-ring (bicyclic) bond motifs is 1. The van der Waals surface area contributed by atoms with Crippen molar-refractivity contribution in [2.45, 2.75) is 25.3 Å². The molecule has 0 atom stereocenters. The van der Waals surface area contributed by atoms with Crippen molar-refractivity contribution in [1.82, 2.24) is 9.80 Å². The van der Waals surface area contributed by atoms with Gasteiger partial charge in [-0.2, -0.15) is 0 Å². The molecule has 2 aliphatic heterocycles. The first-order chi connectivity index (χ1) is 14.8. The number of hydrogen-bond donors (Lipinski definition) is 0. The lowest BCUT2D eigenvalue weighted by atomic mass is 10.1. The number of amides is 1. The fourth-order valence-electron chi connectivity index (χ4n) is 5.20. The van der Waals surface area contributed by atoms with Crippen LogP contribution in [0.2, 0.25) is 0 Å². The van der Waals surface area contributed by atoms with Gasteiger partial charge in [0.25, 0.3) is 5.91 Å². The predicted octanol–water partition coefficient (Wildman–Crippen LogP) is 2.84. The average Bonchev–Trinajstić information content (AvgIpc) is 3.08. The molecule has 30 heavy (non-hydrogen) atoms. The molecule has 2 aromatic rings. The van der Waals surface area contributed by atoms with E-state index in [9.17, 15) is 4.79 Å². The van der Waals surface area contributed by atoms with Gasteiger partial charge < -0.3 is 14.5 Å². The number of nitrogens with zero attached hydrogens (tertiary/aromatic N) is 3. The monoisotopic (exact) mass is 405 g/mol. The summed E-state index contributed by atoms with van der Waals surface area (Å²) >= 11 is 0. The predicted molar refractivity (Wildman–Crippen MR) is 119 cm³/mol. The molecule has 158 valence electrons. The molecule has 0 aromatic heterocycles. The Morgan fingerprint density at radius 2 is 1.50 bits per heavy atom. The third-order valence-corrected chi connectivity index (χ3v) is 6.85. The minimum atomic E-state index is 0.175. The van der Waals surface area contributed by atoms with Gasteiger partial charge in [-0.3, -0.25) is 9.69 Å². The number of morpholine rings is 1. The number of anilines is 1. The molecule has 2 saturated heterocycles. The number of ether oxygens (including phenoxy) is 1. The van der Waals surface area contributed by atoms with Gasteiger partial charge in [-0.1, -0.05) is 36.4 Å². The Morgan fingerprint density at radius 1 is 0.800 bits per heavy atom. The Morgan fingerprint density at radius 3 is 2.27 bits per heavy atom. The third kappa shape index (κ3) is 3.96. The molecule has 2 aromatic carbocycles. The highest BCUT2D eigenvalue weighted by molar-refractivity contribution is 5.99. The van der Waals surface area contributed by atoms with Crippen LogP contribution in [0.5, 0.6) is 0 Å². The normalized spacial score (nSPS) is 20.8. The molecule has 0 spiro atoms. The molecule has 2 fully saturated rings. The number of carbonyl (C=O) groups excluding carboxylic acids is 1. The minimum absolute atomic E-state index is 0.175. The fourth-order valence-corrected chi connectivity index (χ4v) is 5.20. The van der Waals surface area contributed by atoms with Crippen molar-refractivity contribution in [3.05, 3.63) is 65.2 Å². The standard InChI is InChI=1S/C25H31N3O2/c29-25(23-8-3-4-9-24(23)27-14-16-30-17-15-27)28-11-5-10-26(12-13-28)22-18-20-6-1-2-7-21(20)19-22/h1-4,6-9,22H,5,10-19H2. The first-order valence-electron chi connectivity index (χ1n) is 11.3. The maximum Gasteiger partial charge on any atom is 0.256 e. The van der Waals surface area contributed by atoms with Crippen LogP contribution in [0.1, 0.15) is 27.9 Å². The van der Waals surface area contributed by atoms with Crippen LogP contribution in [0.15, 0.2) is 48.5 Å². The van der Waals surface area contributed by atoms with Gasteiger partial charge in [0.1, 0.15) is 0 Å². The first kappa shape index (κ1) is 19.6. The van der Waals surface area contributed by atoms with Crippen LogP contribution >= 0.6 is 0 Å². The number of carbonyl (C=O) groups is 1. The molecule has 0 radical (unpaired) electrons. The van der Waals surface area contributed by atoms with Gasteiger partial charge in [0.2, 0.25) is 0 Å². The van der Waals surface area contributed by atoms with E-state index in [0.717, 1.165) is 83.0 Å². The van der Waals surface area contributed by atoms with Crippen molar-refractivity contribution in [3.8, 4) is 0 Å². The lowest BCUT2D eigenvalue weighted by Gasteiger charge is -2.31. The fraction of sp³-hybridized carbons (Fsp3) is 0.480. The van der Waals surface area contributed by atoms with Crippen molar-refractivity contribution >= 4 is 11.6 Å². The van der Waals surface area contributed by atoms with Gasteiger partial charge in [0.05, 0.1) is 18.8 Å². The van der Waals surface area contributed by atoms with Crippen molar-refractivity contribution in [2.24, 2.45) is 0 Å². The highest BCUT2D eigenvalue weighted by Gasteiger charge is 2.30. The molecule has 0 bridgehead atoms. The largest absolute Gasteiger partial charge is 0.378 e. The van der Waals surface area contributed by atoms with Crippen LogP contribution in [0.4, 0.5) is 5.69 Å². The van der Waals surface area contributed by atoms with E-state index in [0.29, 0.717) is 6.04 Å². The van der Waals surface area contributed by atoms with Gasteiger partial charge in [-0.05, 0) is 42.5 Å². The molecule has 5 heteroatoms. The van der Waals surface area contributed by atoms with Crippen LogP contribution < -0.4 is 4.90 Å². The summed E-state index contributed by atoms with van der Waals surface area (Å²) < 4.78 is 5.50. The van der Waals surface area contributed by atoms with Gasteiger partial charge in [-0.15, -0.1) is 0 Å². The van der Waals surface area contributed by atoms with E-state index in [-0.39, 0.29) is 5.91 Å². The summed E-state index contributed by atoms with van der Waals surface area (Å²) in [5.74, 6) is 0.175. The van der Waals surface area contributed by atoms with Crippen LogP contribution in [0.3, 0.4) is 0 Å². The van der Waals surface area contributed by atoms with E-state index < -0.39 is 0 Å². The summed E-state index contributed by atoms with van der Waals surface area (Å²) in [6.45, 7) is 6.84. The van der Waals surface area contributed by atoms with Gasteiger partial charge in [0.15, 0.2) is 0 Å². The van der Waals surface area contributed by atoms with Crippen molar-refractivity contribution in [3.63, 3.8) is 0 Å². The highest BCUT2D eigenvalue weighted by Crippen LogP contribution is 2.27. The van der Waals surface area contributed by atoms with E-state index in [4.69, 9.17) is 4.74 Å². The summed E-state index contributed by atoms with van der Waals surface area (Å²) in [6, 6.07) is 17.5. The molecule has 0 N–H and O–H groups in total. The van der Waals surface area contributed by atoms with Crippen LogP contribution in [-0.4, -0.2) is 74.2 Å². The average molecular weight is 406 g/mol. The van der Waals surface area contributed by atoms with Crippen molar-refractivity contribution < 1.29 is 9.53 Å². The van der Waals surface area contributed by atoms with Crippen LogP contribution in [0, 0.1) is 0 Å². The SMILES string of the molecule is O=C(c1ccccc1N1CCOCC1)N1CCCN(C2Cc3ccccc3C2)CC1. The summed E-state index contributed by atoms with van der Waals surface area (Å²) in [5, 5.41) is 0. The molecule has 5 nitrogen and oxygen atoms in total. The van der Waals surface area contributed by atoms with E-state index >= 15 is 0 Å². The highest BCUT2D eigenvalue weighted by atomic mass is 16.5. The number of para-hydroxylation sites is 1. The van der Waals surface area contributed by atoms with Crippen molar-refractivity contribution in [2.75, 3.05) is 57.4 Å². The molecule has 1 aliphatic carbocycles. The zero-order valence-corrected chi connectivity index (χ0v) is 17.6. The van der Waals surface area contributed by atoms with Gasteiger partial charge in [0, 0.05) is 51.0 Å². The quantitative estimate of drug-likeness (QED) is 0.787. The summed E-state index contributed by atoms with van der Waals surface area (Å²) in [4.78, 5) is 20.4. The molecule has 3 aliphatic rings. The number of hydrogen-bond acceptors (Lipinski definition) is 4. The Kier molecular flexibility index (Phi) is 5.73. The van der Waals surface area contributed by atoms with Crippen LogP contribution in [-0.2, 0) is 17.6 Å². The Bertz CT molecular complexity index is 868. The van der Waals surface area contributed by atoms with Crippen LogP contribution in [0.25, 0.3) is 0 Å². The zero-order valence-electron chi connectivity index (χ0n) is 17.6. The van der Waals surface area contributed by atoms with E-state index in [1.165, 1.54) is 11.1 Å². The molecule has 0 saturated carbocycles. The topological polar surface area (TPSA) is 36.0 Å². The van der Waals surface area contributed by atoms with Gasteiger partial charge >= 0.3 is 0 Å². The molecule has 2 heterocycles. The zero-order chi connectivity index (χ0) is 20.3. The third-order valence-electron chi connectivity index (χ3n) is 6.85. The van der Waals surface area contributed by atoms with Gasteiger partial charge in [-0.25, -0.2) is 0 Å². The Hall–Kier alpha value is -2.37. The minimum Gasteiger partial charge on any atom is -0.378 e. The molecule has 5 rings (SSSR count).